The lowest BCUT2D eigenvalue weighted by molar-refractivity contribution is -0.140. The Kier molecular flexibility index (Phi) is 6.75. The van der Waals surface area contributed by atoms with Crippen LogP contribution in [0.2, 0.25) is 0 Å². The molecule has 6 nitrogen and oxygen atoms in total. The molecule has 0 aliphatic carbocycles. The third-order valence-electron chi connectivity index (χ3n) is 4.36. The molecular weight excluding hydrogens is 306 g/mol. The lowest BCUT2D eigenvalue weighted by Gasteiger charge is -2.31. The van der Waals surface area contributed by atoms with Gasteiger partial charge in [-0.3, -0.25) is 14.5 Å². The molecule has 1 aliphatic heterocycles. The Labute approximate surface area is 143 Å². The van der Waals surface area contributed by atoms with E-state index in [1.807, 2.05) is 49.2 Å². The zero-order valence-corrected chi connectivity index (χ0v) is 14.7. The number of amides is 2. The van der Waals surface area contributed by atoms with E-state index in [-0.39, 0.29) is 11.8 Å². The van der Waals surface area contributed by atoms with Gasteiger partial charge in [-0.2, -0.15) is 0 Å². The zero-order chi connectivity index (χ0) is 17.5. The molecule has 0 radical (unpaired) electrons. The van der Waals surface area contributed by atoms with E-state index in [0.717, 1.165) is 12.1 Å². The van der Waals surface area contributed by atoms with Crippen molar-refractivity contribution in [2.45, 2.75) is 25.9 Å². The number of hydrogen-bond acceptors (Lipinski definition) is 4. The highest BCUT2D eigenvalue weighted by atomic mass is 16.5. The maximum Gasteiger partial charge on any atom is 0.245 e. The van der Waals surface area contributed by atoms with Gasteiger partial charge in [-0.25, -0.2) is 0 Å². The lowest BCUT2D eigenvalue weighted by Crippen LogP contribution is -2.52. The van der Waals surface area contributed by atoms with E-state index in [9.17, 15) is 9.59 Å². The highest BCUT2D eigenvalue weighted by Crippen LogP contribution is 2.19. The number of nitrogens with one attached hydrogen (secondary N) is 1. The van der Waals surface area contributed by atoms with Crippen LogP contribution in [0.3, 0.4) is 0 Å². The molecule has 1 saturated heterocycles. The maximum absolute atomic E-state index is 12.8. The van der Waals surface area contributed by atoms with Crippen molar-refractivity contribution < 1.29 is 14.3 Å². The second-order valence-corrected chi connectivity index (χ2v) is 6.05. The predicted octanol–water partition coefficient (Wildman–Crippen LogP) is 1.04. The fourth-order valence-electron chi connectivity index (χ4n) is 2.84. The van der Waals surface area contributed by atoms with Crippen LogP contribution in [-0.4, -0.2) is 67.6 Å². The Bertz CT molecular complexity index is 544. The van der Waals surface area contributed by atoms with E-state index >= 15 is 0 Å². The molecule has 0 aromatic heterocycles. The maximum atomic E-state index is 12.8. The lowest BCUT2D eigenvalue weighted by atomic mass is 10.0. The Morgan fingerprint density at radius 2 is 1.88 bits per heavy atom. The van der Waals surface area contributed by atoms with E-state index in [4.69, 9.17) is 4.74 Å². The van der Waals surface area contributed by atoms with Crippen molar-refractivity contribution in [3.05, 3.63) is 35.9 Å². The van der Waals surface area contributed by atoms with Crippen LogP contribution in [0.5, 0.6) is 0 Å². The van der Waals surface area contributed by atoms with E-state index in [0.29, 0.717) is 26.3 Å². The van der Waals surface area contributed by atoms with Gasteiger partial charge in [0.25, 0.3) is 0 Å². The summed E-state index contributed by atoms with van der Waals surface area (Å²) in [6.45, 7) is 6.75. The molecular formula is C18H27N3O3. The van der Waals surface area contributed by atoms with Crippen molar-refractivity contribution in [3.8, 4) is 0 Å². The van der Waals surface area contributed by atoms with Crippen molar-refractivity contribution in [1.82, 2.24) is 15.1 Å². The van der Waals surface area contributed by atoms with Crippen LogP contribution < -0.4 is 5.32 Å². The molecule has 0 bridgehead atoms. The fourth-order valence-corrected chi connectivity index (χ4v) is 2.84. The summed E-state index contributed by atoms with van der Waals surface area (Å²) in [7, 11) is 1.91. The van der Waals surface area contributed by atoms with Gasteiger partial charge >= 0.3 is 0 Å². The number of carbonyl (C=O) groups is 2. The van der Waals surface area contributed by atoms with Gasteiger partial charge in [-0.05, 0) is 26.1 Å². The number of morpholine rings is 1. The molecule has 6 heteroatoms. The van der Waals surface area contributed by atoms with Gasteiger partial charge < -0.3 is 15.0 Å². The topological polar surface area (TPSA) is 61.9 Å². The molecule has 1 aromatic carbocycles. The molecule has 0 unspecified atom stereocenters. The smallest absolute Gasteiger partial charge is 0.245 e. The van der Waals surface area contributed by atoms with Crippen molar-refractivity contribution in [2.75, 3.05) is 39.9 Å². The monoisotopic (exact) mass is 333 g/mol. The molecule has 0 spiro atoms. The van der Waals surface area contributed by atoms with Crippen LogP contribution in [0.15, 0.2) is 30.3 Å². The number of carbonyl (C=O) groups excluding carboxylic acids is 2. The fraction of sp³-hybridized carbons (Fsp3) is 0.556. The zero-order valence-electron chi connectivity index (χ0n) is 14.7. The summed E-state index contributed by atoms with van der Waals surface area (Å²) in [6, 6.07) is 8.68. The molecule has 1 N–H and O–H groups in total. The van der Waals surface area contributed by atoms with Crippen molar-refractivity contribution in [1.29, 1.82) is 0 Å². The minimum atomic E-state index is -0.549. The predicted molar refractivity (Wildman–Crippen MR) is 92.5 cm³/mol. The summed E-state index contributed by atoms with van der Waals surface area (Å²) >= 11 is 0. The summed E-state index contributed by atoms with van der Waals surface area (Å²) in [5.74, 6) is -0.211. The van der Waals surface area contributed by atoms with E-state index in [2.05, 4.69) is 5.32 Å². The number of benzene rings is 1. The molecule has 2 atom stereocenters. The van der Waals surface area contributed by atoms with Crippen molar-refractivity contribution in [3.63, 3.8) is 0 Å². The SMILES string of the molecule is CCN(C)[C@@H](C(=O)N[C@@H](C)C(=O)N1CCOCC1)c1ccccc1. The summed E-state index contributed by atoms with van der Waals surface area (Å²) in [4.78, 5) is 29.0. The number of likely N-dealkylation sites (N-methyl/N-ethyl adjacent to an activating group) is 1. The highest BCUT2D eigenvalue weighted by molar-refractivity contribution is 5.90. The van der Waals surface area contributed by atoms with Gasteiger partial charge in [0.1, 0.15) is 12.1 Å². The first kappa shape index (κ1) is 18.4. The highest BCUT2D eigenvalue weighted by Gasteiger charge is 2.29. The summed E-state index contributed by atoms with van der Waals surface area (Å²) in [5.41, 5.74) is 0.922. The van der Waals surface area contributed by atoms with Crippen LogP contribution in [0.1, 0.15) is 25.5 Å². The first-order valence-corrected chi connectivity index (χ1v) is 8.46. The normalized spacial score (nSPS) is 17.4. The quantitative estimate of drug-likeness (QED) is 0.845. The van der Waals surface area contributed by atoms with Crippen LogP contribution in [0.25, 0.3) is 0 Å². The number of hydrogen-bond donors (Lipinski definition) is 1. The Balaban J connectivity index is 2.05. The minimum Gasteiger partial charge on any atom is -0.378 e. The van der Waals surface area contributed by atoms with Gasteiger partial charge in [0, 0.05) is 13.1 Å². The molecule has 1 aromatic rings. The molecule has 132 valence electrons. The molecule has 1 aliphatic rings. The number of rotatable bonds is 6. The van der Waals surface area contributed by atoms with Crippen molar-refractivity contribution >= 4 is 11.8 Å². The van der Waals surface area contributed by atoms with Gasteiger partial charge in [0.2, 0.25) is 11.8 Å². The van der Waals surface area contributed by atoms with Crippen LogP contribution >= 0.6 is 0 Å². The standard InChI is InChI=1S/C18H27N3O3/c1-4-20(3)16(15-8-6-5-7-9-15)17(22)19-14(2)18(23)21-10-12-24-13-11-21/h5-9,14,16H,4,10-13H2,1-3H3,(H,19,22)/t14-,16+/m0/s1. The third kappa shape index (κ3) is 4.55. The van der Waals surface area contributed by atoms with Crippen LogP contribution in [0, 0.1) is 0 Å². The average molecular weight is 333 g/mol. The second-order valence-electron chi connectivity index (χ2n) is 6.05. The molecule has 24 heavy (non-hydrogen) atoms. The van der Waals surface area contributed by atoms with Gasteiger partial charge in [0.15, 0.2) is 0 Å². The summed E-state index contributed by atoms with van der Waals surface area (Å²) in [6.07, 6.45) is 0. The summed E-state index contributed by atoms with van der Waals surface area (Å²) in [5, 5.41) is 2.88. The first-order chi connectivity index (χ1) is 11.5. The Hall–Kier alpha value is -1.92. The largest absolute Gasteiger partial charge is 0.378 e. The Morgan fingerprint density at radius 1 is 1.25 bits per heavy atom. The average Bonchev–Trinajstić information content (AvgIpc) is 2.62. The van der Waals surface area contributed by atoms with E-state index in [1.54, 1.807) is 11.8 Å². The number of nitrogens with zero attached hydrogens (tertiary/aromatic N) is 2. The molecule has 2 rings (SSSR count). The van der Waals surface area contributed by atoms with E-state index in [1.165, 1.54) is 0 Å². The van der Waals surface area contributed by atoms with Crippen LogP contribution in [0.4, 0.5) is 0 Å². The second kappa shape index (κ2) is 8.80. The van der Waals surface area contributed by atoms with Gasteiger partial charge in [-0.15, -0.1) is 0 Å². The third-order valence-corrected chi connectivity index (χ3v) is 4.36. The van der Waals surface area contributed by atoms with Crippen LogP contribution in [-0.2, 0) is 14.3 Å². The molecule has 0 saturated carbocycles. The molecule has 1 heterocycles. The van der Waals surface area contributed by atoms with Gasteiger partial charge in [-0.1, -0.05) is 37.3 Å². The van der Waals surface area contributed by atoms with Gasteiger partial charge in [0.05, 0.1) is 13.2 Å². The molecule has 1 fully saturated rings. The Morgan fingerprint density at radius 3 is 2.46 bits per heavy atom. The van der Waals surface area contributed by atoms with Crippen molar-refractivity contribution in [2.24, 2.45) is 0 Å². The molecule has 2 amide bonds. The summed E-state index contributed by atoms with van der Waals surface area (Å²) < 4.78 is 5.26. The van der Waals surface area contributed by atoms with E-state index < -0.39 is 12.1 Å². The first-order valence-electron chi connectivity index (χ1n) is 8.46. The number of ether oxygens (including phenoxy) is 1. The minimum absolute atomic E-state index is 0.0578.